The molecule has 128 valence electrons. The number of aliphatic hydroxyl groups is 1. The van der Waals surface area contributed by atoms with Crippen molar-refractivity contribution in [3.8, 4) is 0 Å². The molecule has 0 aromatic carbocycles. The minimum absolute atomic E-state index is 0.344. The molecule has 1 heteroatoms. The van der Waals surface area contributed by atoms with E-state index in [9.17, 15) is 0 Å². The third-order valence-electron chi connectivity index (χ3n) is 3.91. The van der Waals surface area contributed by atoms with E-state index in [1.807, 2.05) is 0 Å². The van der Waals surface area contributed by atoms with Gasteiger partial charge in [-0.25, -0.2) is 0 Å². The summed E-state index contributed by atoms with van der Waals surface area (Å²) in [4.78, 5) is 0. The minimum atomic E-state index is 0.344. The van der Waals surface area contributed by atoms with E-state index in [1.54, 1.807) is 0 Å². The molecule has 0 heterocycles. The molecule has 0 fully saturated rings. The van der Waals surface area contributed by atoms with Crippen LogP contribution in [0, 0.1) is 5.92 Å². The Balaban J connectivity index is 3.22. The topological polar surface area (TPSA) is 20.2 Å². The molecular formula is C21H38O. The van der Waals surface area contributed by atoms with E-state index in [1.165, 1.54) is 51.4 Å². The summed E-state index contributed by atoms with van der Waals surface area (Å²) in [6, 6.07) is 0. The van der Waals surface area contributed by atoms with Gasteiger partial charge in [0.15, 0.2) is 0 Å². The van der Waals surface area contributed by atoms with Crippen molar-refractivity contribution in [3.63, 3.8) is 0 Å². The van der Waals surface area contributed by atoms with Crippen molar-refractivity contribution >= 4 is 0 Å². The highest BCUT2D eigenvalue weighted by molar-refractivity contribution is 4.96. The van der Waals surface area contributed by atoms with E-state index < -0.39 is 0 Å². The zero-order valence-corrected chi connectivity index (χ0v) is 15.0. The maximum Gasteiger partial charge on any atom is 0.0456 e. The molecule has 1 unspecified atom stereocenters. The van der Waals surface area contributed by atoms with Gasteiger partial charge in [-0.3, -0.25) is 0 Å². The van der Waals surface area contributed by atoms with Gasteiger partial charge in [-0.1, -0.05) is 82.4 Å². The van der Waals surface area contributed by atoms with Gasteiger partial charge in [0, 0.05) is 6.61 Å². The normalized spacial score (nSPS) is 13.8. The predicted molar refractivity (Wildman–Crippen MR) is 100 cm³/mol. The van der Waals surface area contributed by atoms with E-state index in [2.05, 4.69) is 50.3 Å². The van der Waals surface area contributed by atoms with Crippen molar-refractivity contribution < 1.29 is 5.11 Å². The summed E-state index contributed by atoms with van der Waals surface area (Å²) in [7, 11) is 0. The Labute approximate surface area is 139 Å². The van der Waals surface area contributed by atoms with E-state index >= 15 is 0 Å². The van der Waals surface area contributed by atoms with Crippen LogP contribution in [0.4, 0.5) is 0 Å². The van der Waals surface area contributed by atoms with Gasteiger partial charge in [-0.2, -0.15) is 0 Å². The lowest BCUT2D eigenvalue weighted by Gasteiger charge is -2.06. The molecule has 0 bridgehead atoms. The smallest absolute Gasteiger partial charge is 0.0456 e. The average Bonchev–Trinajstić information content (AvgIpc) is 2.54. The molecule has 0 spiro atoms. The van der Waals surface area contributed by atoms with Crippen LogP contribution in [0.1, 0.15) is 84.5 Å². The molecule has 0 rings (SSSR count). The van der Waals surface area contributed by atoms with Gasteiger partial charge in [-0.15, -0.1) is 0 Å². The van der Waals surface area contributed by atoms with Crippen LogP contribution < -0.4 is 0 Å². The zero-order valence-electron chi connectivity index (χ0n) is 15.0. The van der Waals surface area contributed by atoms with Crippen LogP contribution in [0.15, 0.2) is 36.5 Å². The highest BCUT2D eigenvalue weighted by atomic mass is 16.3. The molecule has 1 N–H and O–H groups in total. The number of unbranched alkanes of at least 4 members (excludes halogenated alkanes) is 6. The summed E-state index contributed by atoms with van der Waals surface area (Å²) >= 11 is 0. The molecule has 1 nitrogen and oxygen atoms in total. The van der Waals surface area contributed by atoms with Gasteiger partial charge >= 0.3 is 0 Å². The quantitative estimate of drug-likeness (QED) is 0.267. The van der Waals surface area contributed by atoms with E-state index in [4.69, 9.17) is 5.11 Å². The molecule has 0 amide bonds. The monoisotopic (exact) mass is 306 g/mol. The van der Waals surface area contributed by atoms with Gasteiger partial charge in [0.2, 0.25) is 0 Å². The number of allylic oxidation sites excluding steroid dienone is 6. The lowest BCUT2D eigenvalue weighted by Crippen LogP contribution is -1.99. The van der Waals surface area contributed by atoms with Crippen LogP contribution >= 0.6 is 0 Å². The predicted octanol–water partition coefficient (Wildman–Crippen LogP) is 6.59. The van der Waals surface area contributed by atoms with Gasteiger partial charge in [0.05, 0.1) is 0 Å². The van der Waals surface area contributed by atoms with Crippen molar-refractivity contribution in [2.75, 3.05) is 6.61 Å². The molecular weight excluding hydrogens is 268 g/mol. The van der Waals surface area contributed by atoms with Gasteiger partial charge in [0.1, 0.15) is 0 Å². The summed E-state index contributed by atoms with van der Waals surface area (Å²) in [5.41, 5.74) is 0. The first-order chi connectivity index (χ1) is 10.8. The Hall–Kier alpha value is -0.820. The van der Waals surface area contributed by atoms with Crippen LogP contribution in [0.2, 0.25) is 0 Å². The molecule has 0 aliphatic heterocycles. The third kappa shape index (κ3) is 17.2. The first-order valence-electron chi connectivity index (χ1n) is 9.37. The Bertz CT molecular complexity index is 288. The lowest BCUT2D eigenvalue weighted by molar-refractivity contribution is 0.227. The summed E-state index contributed by atoms with van der Waals surface area (Å²) < 4.78 is 0. The van der Waals surface area contributed by atoms with Crippen LogP contribution in [0.5, 0.6) is 0 Å². The van der Waals surface area contributed by atoms with Crippen molar-refractivity contribution in [1.29, 1.82) is 0 Å². The van der Waals surface area contributed by atoms with Crippen LogP contribution in [0.25, 0.3) is 0 Å². The fourth-order valence-electron chi connectivity index (χ4n) is 2.38. The molecule has 0 saturated carbocycles. The van der Waals surface area contributed by atoms with Crippen LogP contribution in [-0.2, 0) is 0 Å². The molecule has 22 heavy (non-hydrogen) atoms. The van der Waals surface area contributed by atoms with Gasteiger partial charge in [0.25, 0.3) is 0 Å². The lowest BCUT2D eigenvalue weighted by atomic mass is 10.0. The Kier molecular flexibility index (Phi) is 17.6. The summed E-state index contributed by atoms with van der Waals surface area (Å²) in [5.74, 6) is 0.488. The van der Waals surface area contributed by atoms with Crippen molar-refractivity contribution in [2.24, 2.45) is 5.92 Å². The molecule has 0 aliphatic carbocycles. The van der Waals surface area contributed by atoms with Crippen molar-refractivity contribution in [2.45, 2.75) is 84.5 Å². The van der Waals surface area contributed by atoms with Crippen molar-refractivity contribution in [1.82, 2.24) is 0 Å². The molecule has 0 aliphatic rings. The highest BCUT2D eigenvalue weighted by Gasteiger charge is 1.98. The zero-order chi connectivity index (χ0) is 16.3. The summed E-state index contributed by atoms with van der Waals surface area (Å²) in [6.45, 7) is 4.64. The number of hydrogen-bond acceptors (Lipinski definition) is 1. The maximum atomic E-state index is 8.95. The summed E-state index contributed by atoms with van der Waals surface area (Å²) in [6.07, 6.45) is 27.3. The van der Waals surface area contributed by atoms with Gasteiger partial charge in [-0.05, 0) is 44.4 Å². The Morgan fingerprint density at radius 1 is 0.727 bits per heavy atom. The third-order valence-corrected chi connectivity index (χ3v) is 3.91. The van der Waals surface area contributed by atoms with Crippen molar-refractivity contribution in [3.05, 3.63) is 36.5 Å². The average molecular weight is 307 g/mol. The second kappa shape index (κ2) is 18.2. The van der Waals surface area contributed by atoms with E-state index in [-0.39, 0.29) is 0 Å². The van der Waals surface area contributed by atoms with E-state index in [0.29, 0.717) is 12.5 Å². The SMILES string of the molecule is CC/C=C\C/C=C\C/C=C\CCCCCCCCC(C)CO. The summed E-state index contributed by atoms with van der Waals surface area (Å²) in [5, 5.41) is 8.95. The Morgan fingerprint density at radius 3 is 1.91 bits per heavy atom. The second-order valence-electron chi connectivity index (χ2n) is 6.28. The molecule has 0 saturated heterocycles. The second-order valence-corrected chi connectivity index (χ2v) is 6.28. The van der Waals surface area contributed by atoms with Crippen LogP contribution in [0.3, 0.4) is 0 Å². The molecule has 1 atom stereocenters. The first-order valence-corrected chi connectivity index (χ1v) is 9.37. The fourth-order valence-corrected chi connectivity index (χ4v) is 2.38. The number of rotatable bonds is 15. The first kappa shape index (κ1) is 21.2. The molecule has 0 aromatic rings. The highest BCUT2D eigenvalue weighted by Crippen LogP contribution is 2.12. The largest absolute Gasteiger partial charge is 0.396 e. The van der Waals surface area contributed by atoms with E-state index in [0.717, 1.165) is 19.3 Å². The maximum absolute atomic E-state index is 8.95. The Morgan fingerprint density at radius 2 is 1.27 bits per heavy atom. The van der Waals surface area contributed by atoms with Gasteiger partial charge < -0.3 is 5.11 Å². The molecule has 0 radical (unpaired) electrons. The minimum Gasteiger partial charge on any atom is -0.396 e. The number of aliphatic hydroxyl groups excluding tert-OH is 1. The number of hydrogen-bond donors (Lipinski definition) is 1. The fraction of sp³-hybridized carbons (Fsp3) is 0.714. The van der Waals surface area contributed by atoms with Crippen LogP contribution in [-0.4, -0.2) is 11.7 Å². The molecule has 0 aromatic heterocycles. The standard InChI is InChI=1S/C21H38O/c1-3-4-5-6-7-8-9-10-11-12-13-14-15-16-17-18-19-21(2)20-22/h4-5,7-8,10-11,21-22H,3,6,9,12-20H2,1-2H3/b5-4-,8-7-,11-10-.